The summed E-state index contributed by atoms with van der Waals surface area (Å²) in [4.78, 5) is 22.0. The second kappa shape index (κ2) is 211. The van der Waals surface area contributed by atoms with Gasteiger partial charge >= 0.3 is 185 Å². The van der Waals surface area contributed by atoms with E-state index in [-0.39, 0.29) is 355 Å². The summed E-state index contributed by atoms with van der Waals surface area (Å²) < 4.78 is 0. The standard InChI is InChI=1S/CH2O3.8CH4.Ca.ClH.2K.HNO3.Na.4Po.2H/c2-1-4-3;;;;;;;;;;;;;2-1-4-3;;;;;;;/h1,3H;8*1H4;;1H;;;3H;;;;;;;/q;;;;;;;;;;;2*+1;;+1;;;;;;/p-3. The van der Waals surface area contributed by atoms with Crippen LogP contribution in [-0.4, -0.2) is 150 Å². The normalized spacial score (nSPS) is 1.68. The Morgan fingerprint density at radius 3 is 0.840 bits per heavy atom. The summed E-state index contributed by atoms with van der Waals surface area (Å²) in [6.07, 6.45) is 0. The van der Waals surface area contributed by atoms with Crippen molar-refractivity contribution in [2.75, 3.05) is 0 Å². The fraction of sp³-hybridized carbons (Fsp3) is 0.889. The molecule has 0 aliphatic carbocycles. The summed E-state index contributed by atoms with van der Waals surface area (Å²) in [5.74, 6) is 0. The van der Waals surface area contributed by atoms with Crippen LogP contribution in [0.5, 0.6) is 0 Å². The number of nitrogens with zero attached hydrogens (tertiary/aromatic N) is 1. The largest absolute Gasteiger partial charge is 0 e. The maximum atomic E-state index is 8.64. The molecule has 0 saturated heterocycles. The summed E-state index contributed by atoms with van der Waals surface area (Å²) in [7, 11) is 0. The van der Waals surface area contributed by atoms with E-state index in [1.54, 1.807) is 0 Å². The van der Waals surface area contributed by atoms with Crippen molar-refractivity contribution in [3.05, 3.63) is 4.91 Å². The van der Waals surface area contributed by atoms with Crippen molar-refractivity contribution in [1.29, 1.82) is 0 Å². The van der Waals surface area contributed by atoms with Gasteiger partial charge in [-0.3, -0.25) is 4.79 Å². The number of hydrogen-bond donors (Lipinski definition) is 0. The zero-order valence-corrected chi connectivity index (χ0v) is 33.8. The predicted octanol–water partition coefficient (Wildman–Crippen LogP) is -11.9. The van der Waals surface area contributed by atoms with Gasteiger partial charge in [0, 0.05) is 90.9 Å². The molecule has 0 aromatic heterocycles. The first-order chi connectivity index (χ1) is 3.83. The monoisotopic (exact) mass is 1270 g/mol. The van der Waals surface area contributed by atoms with Gasteiger partial charge in [0.05, 0.1) is 0 Å². The molecule has 148 valence electrons. The van der Waals surface area contributed by atoms with Gasteiger partial charge in [-0.15, -0.1) is 4.91 Å². The van der Waals surface area contributed by atoms with Crippen LogP contribution in [0.4, 0.5) is 0 Å². The third kappa shape index (κ3) is 282. The van der Waals surface area contributed by atoms with Crippen LogP contribution >= 0.6 is 0 Å². The average Bonchev–Trinajstić information content (AvgIpc) is 1.88. The molecule has 0 fully saturated rings. The maximum Gasteiger partial charge on any atom is 0 e. The van der Waals surface area contributed by atoms with Crippen LogP contribution in [-0.2, 0) is 14.7 Å². The third-order valence-corrected chi connectivity index (χ3v) is 0.0697. The number of halogens is 1. The van der Waals surface area contributed by atoms with E-state index in [2.05, 4.69) is 9.88 Å². The van der Waals surface area contributed by atoms with Gasteiger partial charge in [0.25, 0.3) is 6.47 Å². The van der Waals surface area contributed by atoms with Gasteiger partial charge in [-0.05, 0) is 0 Å². The second-order valence-electron chi connectivity index (χ2n) is 0.342. The minimum Gasteiger partial charge on any atom is 0 e. The molecule has 0 atom stereocenters. The molecule has 0 spiro atoms. The van der Waals surface area contributed by atoms with Gasteiger partial charge in [0.2, 0.25) is 0 Å². The van der Waals surface area contributed by atoms with Crippen molar-refractivity contribution in [2.45, 2.75) is 59.4 Å². The van der Waals surface area contributed by atoms with Gasteiger partial charge < -0.3 is 32.8 Å². The van der Waals surface area contributed by atoms with E-state index in [0.717, 1.165) is 0 Å². The third-order valence-electron chi connectivity index (χ3n) is 0.0697. The molecule has 7 nitrogen and oxygen atoms in total. The first-order valence-electron chi connectivity index (χ1n) is 1.17. The maximum absolute atomic E-state index is 8.64. The van der Waals surface area contributed by atoms with Gasteiger partial charge in [-0.25, -0.2) is 0 Å². The van der Waals surface area contributed by atoms with Gasteiger partial charge in [-0.2, -0.15) is 0 Å². The minimum atomic E-state index is -0.181. The summed E-state index contributed by atoms with van der Waals surface area (Å²) in [5.41, 5.74) is 0. The van der Waals surface area contributed by atoms with Crippen LogP contribution in [0, 0.1) is 4.91 Å². The fourth-order valence-corrected chi connectivity index (χ4v) is 0. The summed E-state index contributed by atoms with van der Waals surface area (Å²) in [6.45, 7) is -0.181. The van der Waals surface area contributed by atoms with Crippen molar-refractivity contribution >= 4 is 150 Å². The molecule has 0 amide bonds. The molecule has 0 rings (SSSR count). The van der Waals surface area contributed by atoms with Crippen LogP contribution in [0.2, 0.25) is 0 Å². The smallest absolute Gasteiger partial charge is 0 e. The van der Waals surface area contributed by atoms with Crippen molar-refractivity contribution in [1.82, 2.24) is 0 Å². The Bertz CT molecular complexity index is 98.1. The van der Waals surface area contributed by atoms with E-state index in [1.807, 2.05) is 0 Å². The van der Waals surface area contributed by atoms with E-state index >= 15 is 0 Å². The SMILES string of the molecule is C.C.C.C.C.C.C.C.O=CO[O-].O=NO[O-].[Ca].[Cl-].[K+].[K+].[Na+].[PoH].[PoH].[Po].[Po]. The molecular weight excluding hydrogens is 1230 g/mol. The van der Waals surface area contributed by atoms with E-state index < -0.39 is 0 Å². The van der Waals surface area contributed by atoms with Gasteiger partial charge in [0.1, 0.15) is 5.34 Å². The Labute approximate surface area is 379 Å². The number of rotatable bonds is 2. The van der Waals surface area contributed by atoms with Crippen LogP contribution in [0.25, 0.3) is 0 Å². The molecule has 16 heteroatoms. The van der Waals surface area contributed by atoms with Crippen LogP contribution < -0.4 is 155 Å². The number of carbonyl (C=O) groups is 1. The number of carbonyl (C=O) groups excluding carboxylic acids is 1. The summed E-state index contributed by atoms with van der Waals surface area (Å²) >= 11 is 0. The van der Waals surface area contributed by atoms with Crippen molar-refractivity contribution in [3.8, 4) is 0 Å². The zero-order valence-electron chi connectivity index (χ0n) is 9.27. The Hall–Kier alpha value is 8.20. The molecule has 8 radical (unpaired) electrons. The van der Waals surface area contributed by atoms with Crippen LogP contribution in [0.15, 0.2) is 5.34 Å². The molecule has 0 aromatic rings. The van der Waals surface area contributed by atoms with Crippen molar-refractivity contribution < 1.29 is 170 Å². The van der Waals surface area contributed by atoms with E-state index in [1.165, 1.54) is 5.34 Å². The molecule has 0 aliphatic rings. The Morgan fingerprint density at radius 2 is 0.840 bits per heavy atom. The fourth-order valence-electron chi connectivity index (χ4n) is 0. The van der Waals surface area contributed by atoms with E-state index in [0.29, 0.717) is 0 Å². The molecule has 0 aromatic carbocycles. The number of hydrogen-bond acceptors (Lipinski definition) is 7. The molecule has 0 saturated carbocycles. The first-order valence-corrected chi connectivity index (χ1v) is 1.17. The molecular formula is C9H35CaClK2NNaO6Po4. The molecule has 0 bridgehead atoms. The second-order valence-corrected chi connectivity index (χ2v) is 0.342. The molecule has 0 unspecified atom stereocenters. The molecule has 0 aliphatic heterocycles. The average molecular weight is 1270 g/mol. The zero-order chi connectivity index (χ0) is 6.83. The van der Waals surface area contributed by atoms with Gasteiger partial charge in [0.15, 0.2) is 0 Å². The predicted molar refractivity (Wildman–Crippen MR) is 99.4 cm³/mol. The van der Waals surface area contributed by atoms with Crippen molar-refractivity contribution in [2.24, 2.45) is 5.34 Å². The Balaban J connectivity index is -0.00000000101. The van der Waals surface area contributed by atoms with Gasteiger partial charge in [-0.1, -0.05) is 59.4 Å². The Morgan fingerprint density at radius 1 is 0.760 bits per heavy atom. The van der Waals surface area contributed by atoms with E-state index in [4.69, 9.17) is 20.2 Å². The summed E-state index contributed by atoms with van der Waals surface area (Å²) in [5, 5.41) is 18.2. The topological polar surface area (TPSA) is 111 Å². The van der Waals surface area contributed by atoms with Crippen molar-refractivity contribution in [3.63, 3.8) is 0 Å². The molecule has 0 heterocycles. The Kier molecular flexibility index (Phi) is 1440. The van der Waals surface area contributed by atoms with Crippen LogP contribution in [0.1, 0.15) is 59.4 Å². The molecule has 25 heavy (non-hydrogen) atoms. The quantitative estimate of drug-likeness (QED) is 0.0895. The minimum absolute atomic E-state index is 0. The molecule has 0 N–H and O–H groups in total. The van der Waals surface area contributed by atoms with Crippen LogP contribution in [0.3, 0.4) is 0 Å². The summed E-state index contributed by atoms with van der Waals surface area (Å²) in [6, 6.07) is 0. The van der Waals surface area contributed by atoms with E-state index in [9.17, 15) is 0 Å². The first kappa shape index (κ1) is 171.